The number of amides is 5. The molecule has 2 aliphatic heterocycles. The van der Waals surface area contributed by atoms with Gasteiger partial charge in [-0.25, -0.2) is 19.7 Å². The van der Waals surface area contributed by atoms with Crippen molar-refractivity contribution in [2.75, 3.05) is 81.0 Å². The summed E-state index contributed by atoms with van der Waals surface area (Å²) in [6.45, 7) is 12.1. The van der Waals surface area contributed by atoms with E-state index in [4.69, 9.17) is 32.7 Å². The molecule has 70 heavy (non-hydrogen) atoms. The number of carbonyl (C=O) groups excluding carboxylic acids is 4. The van der Waals surface area contributed by atoms with Gasteiger partial charge in [-0.1, -0.05) is 68.2 Å². The number of aliphatic hydroxyl groups excluding tert-OH is 1. The zero-order chi connectivity index (χ0) is 50.4. The fourth-order valence-electron chi connectivity index (χ4n) is 8.38. The van der Waals surface area contributed by atoms with Gasteiger partial charge in [-0.05, 0) is 54.7 Å². The Morgan fingerprint density at radius 3 is 2.17 bits per heavy atom. The Labute approximate surface area is 421 Å². The molecule has 2 saturated heterocycles. The number of methoxy groups -OCH3 is 2. The van der Waals surface area contributed by atoms with Crippen LogP contribution in [0, 0.1) is 12.3 Å². The highest BCUT2D eigenvalue weighted by molar-refractivity contribution is 7.13. The third-order valence-corrected chi connectivity index (χ3v) is 14.1. The van der Waals surface area contributed by atoms with Gasteiger partial charge in [-0.15, -0.1) is 11.3 Å². The molecule has 372 valence electrons. The van der Waals surface area contributed by atoms with Crippen LogP contribution in [-0.2, 0) is 14.4 Å². The van der Waals surface area contributed by atoms with Crippen molar-refractivity contribution in [3.63, 3.8) is 0 Å². The maximum absolute atomic E-state index is 14.3. The molecule has 5 amide bonds. The summed E-state index contributed by atoms with van der Waals surface area (Å²) in [5.41, 5.74) is 5.93. The van der Waals surface area contributed by atoms with E-state index in [0.29, 0.717) is 37.8 Å². The summed E-state index contributed by atoms with van der Waals surface area (Å²) in [7, 11) is 4.42. The van der Waals surface area contributed by atoms with E-state index in [1.165, 1.54) is 36.4 Å². The smallest absolute Gasteiger partial charge is 0.327 e. The van der Waals surface area contributed by atoms with E-state index in [1.54, 1.807) is 24.5 Å². The summed E-state index contributed by atoms with van der Waals surface area (Å²) in [4.78, 5) is 76.0. The van der Waals surface area contributed by atoms with E-state index in [9.17, 15) is 24.3 Å². The molecule has 5 aromatic rings. The van der Waals surface area contributed by atoms with Crippen LogP contribution in [0.1, 0.15) is 51.4 Å². The second-order valence-electron chi connectivity index (χ2n) is 18.4. The summed E-state index contributed by atoms with van der Waals surface area (Å²) >= 11 is 14.5. The molecular formula is C49H59Cl2N11O7S. The second-order valence-corrected chi connectivity index (χ2v) is 20.0. The van der Waals surface area contributed by atoms with Gasteiger partial charge < -0.3 is 45.6 Å². The first-order chi connectivity index (χ1) is 33.3. The number of rotatable bonds is 15. The van der Waals surface area contributed by atoms with Crippen molar-refractivity contribution in [2.24, 2.45) is 5.41 Å². The third kappa shape index (κ3) is 12.0. The number of ether oxygens (including phenoxy) is 2. The number of β-amino-alcohol motifs (C(OH)–C–C–N with tert-alkyl or cyclic N) is 1. The van der Waals surface area contributed by atoms with Crippen molar-refractivity contribution >= 4 is 87.0 Å². The van der Waals surface area contributed by atoms with Crippen molar-refractivity contribution in [3.05, 3.63) is 93.8 Å². The molecule has 2 aliphatic rings. The molecule has 21 heteroatoms. The van der Waals surface area contributed by atoms with E-state index in [1.807, 2.05) is 88.7 Å². The van der Waals surface area contributed by atoms with Crippen LogP contribution in [0.4, 0.5) is 33.5 Å². The Morgan fingerprint density at radius 2 is 1.57 bits per heavy atom. The minimum atomic E-state index is -0.933. The number of aromatic nitrogens is 3. The predicted molar refractivity (Wildman–Crippen MR) is 274 cm³/mol. The van der Waals surface area contributed by atoms with E-state index >= 15 is 0 Å². The van der Waals surface area contributed by atoms with Crippen LogP contribution in [0.25, 0.3) is 10.4 Å². The van der Waals surface area contributed by atoms with Crippen LogP contribution in [0.5, 0.6) is 11.5 Å². The molecule has 7 rings (SSSR count). The lowest BCUT2D eigenvalue weighted by Gasteiger charge is -2.37. The van der Waals surface area contributed by atoms with Crippen molar-refractivity contribution < 1.29 is 33.8 Å². The normalized spacial score (nSPS) is 17.1. The Bertz CT molecular complexity index is 2650. The van der Waals surface area contributed by atoms with Crippen LogP contribution in [0.15, 0.2) is 72.5 Å². The fraction of sp³-hybridized carbons (Fsp3) is 0.408. The number of carbonyl (C=O) groups is 4. The molecule has 4 unspecified atom stereocenters. The number of aliphatic hydroxyl groups is 1. The molecule has 4 heterocycles. The summed E-state index contributed by atoms with van der Waals surface area (Å²) < 4.78 is 10.6. The quantitative estimate of drug-likeness (QED) is 0.0708. The van der Waals surface area contributed by atoms with Crippen LogP contribution in [0.2, 0.25) is 10.0 Å². The molecule has 18 nitrogen and oxygen atoms in total. The van der Waals surface area contributed by atoms with Crippen molar-refractivity contribution in [3.8, 4) is 21.9 Å². The van der Waals surface area contributed by atoms with Gasteiger partial charge in [0.05, 0.1) is 54.7 Å². The fourth-order valence-corrected chi connectivity index (χ4v) is 9.79. The first-order valence-electron chi connectivity index (χ1n) is 22.7. The molecule has 0 aliphatic carbocycles. The molecule has 5 N–H and O–H groups in total. The highest BCUT2D eigenvalue weighted by Crippen LogP contribution is 2.44. The molecular weight excluding hydrogens is 958 g/mol. The van der Waals surface area contributed by atoms with Crippen LogP contribution >= 0.6 is 34.5 Å². The maximum Gasteiger partial charge on any atom is 0.327 e. The van der Waals surface area contributed by atoms with Crippen molar-refractivity contribution in [1.29, 1.82) is 0 Å². The number of hydrogen-bond acceptors (Lipinski definition) is 14. The number of nitrogens with one attached hydrogen (secondary N) is 4. The monoisotopic (exact) mass is 1020 g/mol. The second kappa shape index (κ2) is 22.2. The number of aryl methyl sites for hydroxylation is 1. The number of halogens is 2. The zero-order valence-electron chi connectivity index (χ0n) is 40.4. The van der Waals surface area contributed by atoms with Crippen LogP contribution in [-0.4, -0.2) is 132 Å². The lowest BCUT2D eigenvalue weighted by Crippen LogP contribution is -2.59. The largest absolute Gasteiger partial charge is 0.495 e. The lowest BCUT2D eigenvalue weighted by molar-refractivity contribution is -0.144. The molecule has 2 aromatic heterocycles. The average Bonchev–Trinajstić information content (AvgIpc) is 3.97. The van der Waals surface area contributed by atoms with E-state index in [0.717, 1.165) is 33.1 Å². The van der Waals surface area contributed by atoms with E-state index < -0.39 is 35.5 Å². The zero-order valence-corrected chi connectivity index (χ0v) is 42.7. The Hall–Kier alpha value is -6.25. The summed E-state index contributed by atoms with van der Waals surface area (Å²) in [6.07, 6.45) is 0.564. The van der Waals surface area contributed by atoms with Gasteiger partial charge in [-0.2, -0.15) is 0 Å². The first kappa shape index (κ1) is 51.6. The number of likely N-dealkylation sites (tertiary alicyclic amines) is 1. The van der Waals surface area contributed by atoms with Gasteiger partial charge in [0.2, 0.25) is 17.7 Å². The van der Waals surface area contributed by atoms with Gasteiger partial charge in [-0.3, -0.25) is 24.2 Å². The van der Waals surface area contributed by atoms with E-state index in [-0.39, 0.29) is 64.6 Å². The van der Waals surface area contributed by atoms with E-state index in [2.05, 4.69) is 46.0 Å². The number of piperazine rings is 1. The number of hydrogen-bond donors (Lipinski definition) is 5. The van der Waals surface area contributed by atoms with Gasteiger partial charge in [0.15, 0.2) is 0 Å². The topological polar surface area (TPSA) is 207 Å². The number of anilines is 5. The van der Waals surface area contributed by atoms with Crippen LogP contribution in [0.3, 0.4) is 0 Å². The highest BCUT2D eigenvalue weighted by Gasteiger charge is 2.45. The molecule has 0 spiro atoms. The molecule has 2 fully saturated rings. The molecule has 3 aromatic carbocycles. The number of nitrogens with zero attached hydrogens (tertiary/aromatic N) is 7. The predicted octanol–water partition coefficient (Wildman–Crippen LogP) is 7.14. The Morgan fingerprint density at radius 1 is 0.914 bits per heavy atom. The average molecular weight is 1020 g/mol. The number of thiazole rings is 1. The van der Waals surface area contributed by atoms with Gasteiger partial charge in [0, 0.05) is 69.7 Å². The highest BCUT2D eigenvalue weighted by atomic mass is 35.5. The number of urea groups is 1. The maximum atomic E-state index is 14.3. The number of benzene rings is 3. The Balaban J connectivity index is 0.895. The van der Waals surface area contributed by atoms with Gasteiger partial charge in [0.25, 0.3) is 0 Å². The summed E-state index contributed by atoms with van der Waals surface area (Å²) in [5.74, 6) is 0.235. The standard InChI is InChI=1S/C49H59Cl2N11O7S/c1-28(30-9-11-31(12-10-30)44-29(2)54-27-70-44)55-46(65)35-21-34(63)24-62(35)47(66)45(49(3,4)5)57-40(64)25-60-17-19-61(20-18-60)33-15-13-32(14-16-33)56-38-23-39(53-26-52-38)59(6)48(67)58-43-41(50)36(68-7)22-37(69-8)42(43)51/h9-16,22-23,26-28,34-35,45,63H,17-21,24-25H2,1-8H3,(H,55,65)(H,57,64)(H,58,67)(H,52,53,56). The third-order valence-electron chi connectivity index (χ3n) is 12.4. The molecule has 0 radical (unpaired) electrons. The molecule has 4 atom stereocenters. The van der Waals surface area contributed by atoms with Crippen molar-refractivity contribution in [1.82, 2.24) is 35.4 Å². The van der Waals surface area contributed by atoms with Gasteiger partial charge >= 0.3 is 6.03 Å². The van der Waals surface area contributed by atoms with Crippen LogP contribution < -0.4 is 40.5 Å². The minimum absolute atomic E-state index is 0.00900. The summed E-state index contributed by atoms with van der Waals surface area (Å²) in [6, 6.07) is 16.2. The first-order valence-corrected chi connectivity index (χ1v) is 24.4. The molecule has 0 saturated carbocycles. The SMILES string of the molecule is COc1cc(OC)c(Cl)c(NC(=O)N(C)c2cc(Nc3ccc(N4CCN(CC(=O)NC(C(=O)N5CC(O)CC5C(=O)NC(C)c5ccc(-c6scnc6C)cc5)C(C)(C)C)CC4)cc3)ncn2)c1Cl. The van der Waals surface area contributed by atoms with Crippen molar-refractivity contribution in [2.45, 2.75) is 65.3 Å². The lowest BCUT2D eigenvalue weighted by atomic mass is 9.85. The Kier molecular flexibility index (Phi) is 16.4. The minimum Gasteiger partial charge on any atom is -0.495 e. The molecule has 0 bridgehead atoms. The van der Waals surface area contributed by atoms with Gasteiger partial charge in [0.1, 0.15) is 51.6 Å². The summed E-state index contributed by atoms with van der Waals surface area (Å²) in [5, 5.41) is 23.0.